The summed E-state index contributed by atoms with van der Waals surface area (Å²) in [6, 6.07) is 18.0. The topological polar surface area (TPSA) is 0 Å². The van der Waals surface area contributed by atoms with E-state index in [1.165, 1.54) is 30.4 Å². The quantitative estimate of drug-likeness (QED) is 0.284. The van der Waals surface area contributed by atoms with E-state index >= 15 is 0 Å². The van der Waals surface area contributed by atoms with Crippen LogP contribution in [0.15, 0.2) is 60.7 Å². The number of unbranched alkanes of at least 4 members (excludes halogenated alkanes) is 2. The first-order valence-electron chi connectivity index (χ1n) is 11.3. The highest BCUT2D eigenvalue weighted by Crippen LogP contribution is 2.15. The highest BCUT2D eigenvalue weighted by molar-refractivity contribution is 5.49. The molecule has 0 saturated heterocycles. The number of hydrogen-bond donors (Lipinski definition) is 0. The van der Waals surface area contributed by atoms with Crippen LogP contribution in [-0.4, -0.2) is 0 Å². The lowest BCUT2D eigenvalue weighted by Crippen LogP contribution is -1.92. The lowest BCUT2D eigenvalue weighted by Gasteiger charge is -2.01. The van der Waals surface area contributed by atoms with Crippen molar-refractivity contribution < 1.29 is 8.78 Å². The monoisotopic (exact) mass is 426 g/mol. The molecule has 3 rings (SSSR count). The van der Waals surface area contributed by atoms with E-state index in [0.29, 0.717) is 0 Å². The van der Waals surface area contributed by atoms with Crippen LogP contribution in [0.5, 0.6) is 0 Å². The Labute approximate surface area is 190 Å². The molecule has 0 nitrogen and oxygen atoms in total. The molecular weight excluding hydrogens is 398 g/mol. The zero-order chi connectivity index (χ0) is 22.8. The maximum absolute atomic E-state index is 14.5. The first-order chi connectivity index (χ1) is 15.6. The van der Waals surface area contributed by atoms with Crippen LogP contribution in [0.3, 0.4) is 0 Å². The van der Waals surface area contributed by atoms with Gasteiger partial charge in [0, 0.05) is 11.1 Å². The molecule has 0 amide bonds. The number of aryl methyl sites for hydroxylation is 2. The number of benzene rings is 3. The Hall–Kier alpha value is -3.36. The van der Waals surface area contributed by atoms with Crippen molar-refractivity contribution in [3.8, 4) is 23.7 Å². The van der Waals surface area contributed by atoms with Crippen LogP contribution in [0.4, 0.5) is 8.78 Å². The van der Waals surface area contributed by atoms with E-state index in [-0.39, 0.29) is 11.1 Å². The fourth-order valence-electron chi connectivity index (χ4n) is 3.39. The smallest absolute Gasteiger partial charge is 0.140 e. The van der Waals surface area contributed by atoms with Crippen LogP contribution in [0.2, 0.25) is 0 Å². The van der Waals surface area contributed by atoms with Gasteiger partial charge in [-0.25, -0.2) is 8.78 Å². The molecule has 0 atom stereocenters. The van der Waals surface area contributed by atoms with Crippen LogP contribution in [0.25, 0.3) is 0 Å². The van der Waals surface area contributed by atoms with Gasteiger partial charge in [-0.3, -0.25) is 0 Å². The molecule has 3 aromatic carbocycles. The summed E-state index contributed by atoms with van der Waals surface area (Å²) in [7, 11) is 0. The maximum atomic E-state index is 14.5. The van der Waals surface area contributed by atoms with Crippen LogP contribution in [-0.2, 0) is 12.8 Å². The van der Waals surface area contributed by atoms with Gasteiger partial charge in [-0.05, 0) is 66.8 Å². The Bertz CT molecular complexity index is 1150. The van der Waals surface area contributed by atoms with E-state index in [2.05, 4.69) is 37.5 Å². The fraction of sp³-hybridized carbons (Fsp3) is 0.267. The van der Waals surface area contributed by atoms with Crippen LogP contribution in [0, 0.1) is 35.3 Å². The SMILES string of the molecule is CCCCCc1ccc(C#Cc2cc(F)c(C#Cc3ccc(CCC)cc3)cc2F)cc1. The molecule has 0 radical (unpaired) electrons. The predicted octanol–water partition coefficient (Wildman–Crippen LogP) is 7.45. The number of hydrogen-bond acceptors (Lipinski definition) is 0. The van der Waals surface area contributed by atoms with Gasteiger partial charge in [-0.1, -0.05) is 81.1 Å². The lowest BCUT2D eigenvalue weighted by molar-refractivity contribution is 0.594. The summed E-state index contributed by atoms with van der Waals surface area (Å²) < 4.78 is 29.0. The molecule has 0 heterocycles. The van der Waals surface area contributed by atoms with Crippen LogP contribution < -0.4 is 0 Å². The van der Waals surface area contributed by atoms with E-state index in [0.717, 1.165) is 42.5 Å². The van der Waals surface area contributed by atoms with Gasteiger partial charge < -0.3 is 0 Å². The van der Waals surface area contributed by atoms with Gasteiger partial charge in [-0.15, -0.1) is 0 Å². The minimum atomic E-state index is -0.572. The second kappa shape index (κ2) is 11.9. The molecule has 0 aromatic heterocycles. The molecule has 0 aliphatic rings. The molecule has 0 aliphatic heterocycles. The first kappa shape index (κ1) is 23.3. The molecule has 0 fully saturated rings. The molecule has 0 unspecified atom stereocenters. The third kappa shape index (κ3) is 6.83. The van der Waals surface area contributed by atoms with Gasteiger partial charge in [0.05, 0.1) is 11.1 Å². The highest BCUT2D eigenvalue weighted by atomic mass is 19.1. The molecule has 0 spiro atoms. The minimum absolute atomic E-state index is 0.0297. The van der Waals surface area contributed by atoms with Crippen molar-refractivity contribution >= 4 is 0 Å². The first-order valence-corrected chi connectivity index (χ1v) is 11.3. The summed E-state index contributed by atoms with van der Waals surface area (Å²) in [5.41, 5.74) is 4.12. The normalized spacial score (nSPS) is 10.1. The van der Waals surface area contributed by atoms with Gasteiger partial charge in [0.15, 0.2) is 0 Å². The standard InChI is InChI=1S/C30H28F2/c1-3-5-6-8-24-11-15-26(16-12-24)18-20-28-22-29(31)27(21-30(28)32)19-17-25-13-9-23(7-4-2)10-14-25/h9-16,21-22H,3-8H2,1-2H3. The molecule has 2 heteroatoms. The summed E-state index contributed by atoms with van der Waals surface area (Å²) in [6.07, 6.45) is 6.73. The molecule has 0 bridgehead atoms. The highest BCUT2D eigenvalue weighted by Gasteiger charge is 2.07. The Morgan fingerprint density at radius 2 is 1.03 bits per heavy atom. The van der Waals surface area contributed by atoms with Gasteiger partial charge in [0.1, 0.15) is 11.6 Å². The summed E-state index contributed by atoms with van der Waals surface area (Å²) in [5, 5.41) is 0. The van der Waals surface area contributed by atoms with E-state index in [9.17, 15) is 8.78 Å². The van der Waals surface area contributed by atoms with E-state index < -0.39 is 11.6 Å². The predicted molar refractivity (Wildman–Crippen MR) is 128 cm³/mol. The molecule has 0 saturated carbocycles. The van der Waals surface area contributed by atoms with E-state index in [1.807, 2.05) is 48.5 Å². The molecule has 162 valence electrons. The summed E-state index contributed by atoms with van der Waals surface area (Å²) in [4.78, 5) is 0. The van der Waals surface area contributed by atoms with E-state index in [4.69, 9.17) is 0 Å². The van der Waals surface area contributed by atoms with Crippen molar-refractivity contribution in [2.24, 2.45) is 0 Å². The summed E-state index contributed by atoms with van der Waals surface area (Å²) in [6.45, 7) is 4.32. The fourth-order valence-corrected chi connectivity index (χ4v) is 3.39. The van der Waals surface area contributed by atoms with Gasteiger partial charge in [0.25, 0.3) is 0 Å². The number of rotatable bonds is 6. The molecule has 3 aromatic rings. The Kier molecular flexibility index (Phi) is 8.65. The Balaban J connectivity index is 1.72. The average molecular weight is 427 g/mol. The number of halogens is 2. The largest absolute Gasteiger partial charge is 0.206 e. The van der Waals surface area contributed by atoms with Crippen molar-refractivity contribution in [2.75, 3.05) is 0 Å². The van der Waals surface area contributed by atoms with Crippen LogP contribution >= 0.6 is 0 Å². The molecule has 0 aliphatic carbocycles. The molecule has 32 heavy (non-hydrogen) atoms. The van der Waals surface area contributed by atoms with Gasteiger partial charge >= 0.3 is 0 Å². The molecular formula is C30H28F2. The third-order valence-electron chi connectivity index (χ3n) is 5.26. The van der Waals surface area contributed by atoms with Crippen molar-refractivity contribution in [1.82, 2.24) is 0 Å². The van der Waals surface area contributed by atoms with Crippen molar-refractivity contribution in [2.45, 2.75) is 52.4 Å². The average Bonchev–Trinajstić information content (AvgIpc) is 2.80. The van der Waals surface area contributed by atoms with Crippen molar-refractivity contribution in [1.29, 1.82) is 0 Å². The maximum Gasteiger partial charge on any atom is 0.140 e. The third-order valence-corrected chi connectivity index (χ3v) is 5.26. The Morgan fingerprint density at radius 3 is 1.47 bits per heavy atom. The van der Waals surface area contributed by atoms with Gasteiger partial charge in [0.2, 0.25) is 0 Å². The zero-order valence-corrected chi connectivity index (χ0v) is 18.8. The minimum Gasteiger partial charge on any atom is -0.206 e. The summed E-state index contributed by atoms with van der Waals surface area (Å²) >= 11 is 0. The second-order valence-corrected chi connectivity index (χ2v) is 7.91. The second-order valence-electron chi connectivity index (χ2n) is 7.91. The van der Waals surface area contributed by atoms with Crippen LogP contribution in [0.1, 0.15) is 72.9 Å². The van der Waals surface area contributed by atoms with E-state index in [1.54, 1.807) is 0 Å². The Morgan fingerprint density at radius 1 is 0.562 bits per heavy atom. The van der Waals surface area contributed by atoms with Crippen molar-refractivity contribution in [3.63, 3.8) is 0 Å². The zero-order valence-electron chi connectivity index (χ0n) is 18.8. The molecule has 0 N–H and O–H groups in total. The van der Waals surface area contributed by atoms with Crippen molar-refractivity contribution in [3.05, 3.63) is 106 Å². The van der Waals surface area contributed by atoms with Gasteiger partial charge in [-0.2, -0.15) is 0 Å². The lowest BCUT2D eigenvalue weighted by atomic mass is 10.0. The summed E-state index contributed by atoms with van der Waals surface area (Å²) in [5.74, 6) is 10.2.